The molecule has 1 aromatic rings. The van der Waals surface area contributed by atoms with E-state index in [1.807, 2.05) is 0 Å². The van der Waals surface area contributed by atoms with Crippen molar-refractivity contribution in [1.82, 2.24) is 0 Å². The number of halogens is 1. The minimum atomic E-state index is 0. The molecule has 4 heteroatoms. The molecule has 1 N–H and O–H groups in total. The van der Waals surface area contributed by atoms with E-state index in [0.29, 0.717) is 12.0 Å². The van der Waals surface area contributed by atoms with Gasteiger partial charge in [-0.2, -0.15) is 4.57 Å². The molecule has 0 unspecified atom stereocenters. The number of aromatic hydroxyl groups is 1. The first-order chi connectivity index (χ1) is 4.75. The number of hydrogen-bond acceptors (Lipinski definition) is 2. The number of nitrogens with zero attached hydrogens (tertiary/aromatic N) is 1. The van der Waals surface area contributed by atoms with Crippen molar-refractivity contribution in [1.29, 1.82) is 0 Å². The third kappa shape index (κ3) is 1.91. The van der Waals surface area contributed by atoms with Crippen molar-refractivity contribution in [3.63, 3.8) is 0 Å². The summed E-state index contributed by atoms with van der Waals surface area (Å²) in [7, 11) is 1.70. The Morgan fingerprint density at radius 3 is 2.64 bits per heavy atom. The highest BCUT2D eigenvalue weighted by Crippen LogP contribution is 2.06. The molecular formula is C7H8ClNO2. The summed E-state index contributed by atoms with van der Waals surface area (Å²) in [5, 5.41) is 9.04. The zero-order valence-electron chi connectivity index (χ0n) is 5.99. The van der Waals surface area contributed by atoms with Crippen molar-refractivity contribution in [2.24, 2.45) is 7.05 Å². The SMILES string of the molecule is C[n+]1cccc(O)c1C=O.[Cl-]. The van der Waals surface area contributed by atoms with Crippen LogP contribution in [0, 0.1) is 0 Å². The molecule has 0 amide bonds. The summed E-state index contributed by atoms with van der Waals surface area (Å²) in [4.78, 5) is 10.3. The highest BCUT2D eigenvalue weighted by molar-refractivity contribution is 5.73. The van der Waals surface area contributed by atoms with Crippen LogP contribution in [0.5, 0.6) is 5.75 Å². The average Bonchev–Trinajstić information content (AvgIpc) is 1.88. The standard InChI is InChI=1S/C7H7NO2.ClH/c1-8-4-2-3-7(10)6(8)5-9;/h2-5H,1H3;1H. The Bertz CT molecular complexity index is 242. The Morgan fingerprint density at radius 2 is 2.27 bits per heavy atom. The number of aromatic nitrogens is 1. The number of aldehydes is 1. The summed E-state index contributed by atoms with van der Waals surface area (Å²) >= 11 is 0. The van der Waals surface area contributed by atoms with Crippen LogP contribution >= 0.6 is 0 Å². The molecule has 60 valence electrons. The molecule has 11 heavy (non-hydrogen) atoms. The van der Waals surface area contributed by atoms with Crippen LogP contribution in [0.2, 0.25) is 0 Å². The van der Waals surface area contributed by atoms with Crippen molar-refractivity contribution < 1.29 is 26.9 Å². The number of aryl methyl sites for hydroxylation is 1. The molecule has 0 fully saturated rings. The van der Waals surface area contributed by atoms with Gasteiger partial charge in [0.15, 0.2) is 11.9 Å². The summed E-state index contributed by atoms with van der Waals surface area (Å²) < 4.78 is 1.56. The lowest BCUT2D eigenvalue weighted by molar-refractivity contribution is -0.673. The Labute approximate surface area is 70.7 Å². The fourth-order valence-corrected chi connectivity index (χ4v) is 0.753. The predicted octanol–water partition coefficient (Wildman–Crippen LogP) is -2.97. The molecule has 1 heterocycles. The van der Waals surface area contributed by atoms with Gasteiger partial charge in [0.25, 0.3) is 5.69 Å². The van der Waals surface area contributed by atoms with E-state index in [1.165, 1.54) is 6.07 Å². The van der Waals surface area contributed by atoms with Gasteiger partial charge in [0.05, 0.1) is 0 Å². The van der Waals surface area contributed by atoms with Gasteiger partial charge in [0, 0.05) is 6.07 Å². The van der Waals surface area contributed by atoms with Gasteiger partial charge in [-0.25, -0.2) is 0 Å². The molecule has 0 aromatic carbocycles. The summed E-state index contributed by atoms with van der Waals surface area (Å²) in [6.45, 7) is 0. The van der Waals surface area contributed by atoms with E-state index in [0.717, 1.165) is 0 Å². The molecule has 3 nitrogen and oxygen atoms in total. The fourth-order valence-electron chi connectivity index (χ4n) is 0.753. The Kier molecular flexibility index (Phi) is 3.54. The largest absolute Gasteiger partial charge is 1.00 e. The topological polar surface area (TPSA) is 41.2 Å². The Balaban J connectivity index is 0.000001000. The third-order valence-corrected chi connectivity index (χ3v) is 1.32. The summed E-state index contributed by atoms with van der Waals surface area (Å²) in [6, 6.07) is 3.14. The second-order valence-corrected chi connectivity index (χ2v) is 2.01. The molecule has 0 aliphatic rings. The van der Waals surface area contributed by atoms with Gasteiger partial charge in [-0.05, 0) is 6.07 Å². The maximum atomic E-state index is 10.3. The lowest BCUT2D eigenvalue weighted by Gasteiger charge is -1.92. The first-order valence-electron chi connectivity index (χ1n) is 2.88. The van der Waals surface area contributed by atoms with Gasteiger partial charge >= 0.3 is 0 Å². The van der Waals surface area contributed by atoms with E-state index in [2.05, 4.69) is 0 Å². The Hall–Kier alpha value is -1.09. The van der Waals surface area contributed by atoms with Gasteiger partial charge in [-0.15, -0.1) is 0 Å². The van der Waals surface area contributed by atoms with Crippen LogP contribution in [0.4, 0.5) is 0 Å². The van der Waals surface area contributed by atoms with Crippen LogP contribution in [-0.4, -0.2) is 11.4 Å². The second kappa shape index (κ2) is 3.93. The average molecular weight is 174 g/mol. The minimum Gasteiger partial charge on any atom is -1.00 e. The van der Waals surface area contributed by atoms with E-state index in [4.69, 9.17) is 5.11 Å². The zero-order chi connectivity index (χ0) is 7.56. The quantitative estimate of drug-likeness (QED) is 0.364. The van der Waals surface area contributed by atoms with Crippen molar-refractivity contribution in [2.75, 3.05) is 0 Å². The predicted molar refractivity (Wildman–Crippen MR) is 34.7 cm³/mol. The van der Waals surface area contributed by atoms with Gasteiger partial charge in [0.1, 0.15) is 7.05 Å². The molecule has 0 aliphatic carbocycles. The van der Waals surface area contributed by atoms with Gasteiger partial charge in [0.2, 0.25) is 6.29 Å². The number of hydrogen-bond donors (Lipinski definition) is 1. The zero-order valence-corrected chi connectivity index (χ0v) is 6.75. The molecule has 0 atom stereocenters. The summed E-state index contributed by atoms with van der Waals surface area (Å²) in [5.41, 5.74) is 0.294. The van der Waals surface area contributed by atoms with Crippen molar-refractivity contribution in [2.45, 2.75) is 0 Å². The Morgan fingerprint density at radius 1 is 1.64 bits per heavy atom. The molecule has 0 saturated carbocycles. The molecule has 0 bridgehead atoms. The third-order valence-electron chi connectivity index (χ3n) is 1.32. The first-order valence-corrected chi connectivity index (χ1v) is 2.88. The lowest BCUT2D eigenvalue weighted by Crippen LogP contribution is -3.00. The summed E-state index contributed by atoms with van der Waals surface area (Å²) in [5.74, 6) is 0.0139. The van der Waals surface area contributed by atoms with Gasteiger partial charge in [-0.3, -0.25) is 4.79 Å². The highest BCUT2D eigenvalue weighted by atomic mass is 35.5. The second-order valence-electron chi connectivity index (χ2n) is 2.01. The van der Waals surface area contributed by atoms with Crippen molar-refractivity contribution >= 4 is 6.29 Å². The lowest BCUT2D eigenvalue weighted by atomic mass is 10.3. The van der Waals surface area contributed by atoms with Crippen LogP contribution in [0.1, 0.15) is 10.5 Å². The molecule has 0 spiro atoms. The molecule has 0 radical (unpaired) electrons. The van der Waals surface area contributed by atoms with Crippen molar-refractivity contribution in [3.8, 4) is 5.75 Å². The smallest absolute Gasteiger partial charge is 0.287 e. The van der Waals surface area contributed by atoms with Crippen LogP contribution in [-0.2, 0) is 7.05 Å². The van der Waals surface area contributed by atoms with Crippen LogP contribution in [0.3, 0.4) is 0 Å². The molecule has 1 aromatic heterocycles. The van der Waals surface area contributed by atoms with Crippen LogP contribution in [0.25, 0.3) is 0 Å². The van der Waals surface area contributed by atoms with Crippen LogP contribution < -0.4 is 17.0 Å². The monoisotopic (exact) mass is 173 g/mol. The normalized spacial score (nSPS) is 8.45. The number of carbonyl (C=O) groups is 1. The van der Waals surface area contributed by atoms with Gasteiger partial charge < -0.3 is 17.5 Å². The minimum absolute atomic E-state index is 0. The maximum absolute atomic E-state index is 10.3. The molecule has 1 rings (SSSR count). The molecular weight excluding hydrogens is 166 g/mol. The number of carbonyl (C=O) groups excluding carboxylic acids is 1. The fraction of sp³-hybridized carbons (Fsp3) is 0.143. The molecule has 0 aliphatic heterocycles. The van der Waals surface area contributed by atoms with E-state index >= 15 is 0 Å². The number of pyridine rings is 1. The van der Waals surface area contributed by atoms with E-state index < -0.39 is 0 Å². The maximum Gasteiger partial charge on any atom is 0.287 e. The number of rotatable bonds is 1. The van der Waals surface area contributed by atoms with E-state index in [-0.39, 0.29) is 18.2 Å². The summed E-state index contributed by atoms with van der Waals surface area (Å²) in [6.07, 6.45) is 2.32. The van der Waals surface area contributed by atoms with E-state index in [1.54, 1.807) is 23.9 Å². The van der Waals surface area contributed by atoms with Crippen LogP contribution in [0.15, 0.2) is 18.3 Å². The molecule has 0 saturated heterocycles. The van der Waals surface area contributed by atoms with Gasteiger partial charge in [-0.1, -0.05) is 0 Å². The van der Waals surface area contributed by atoms with Crippen molar-refractivity contribution in [3.05, 3.63) is 24.0 Å². The van der Waals surface area contributed by atoms with E-state index in [9.17, 15) is 4.79 Å². The highest BCUT2D eigenvalue weighted by Gasteiger charge is 2.08. The first kappa shape index (κ1) is 9.91.